The topological polar surface area (TPSA) is 46.5 Å². The Labute approximate surface area is 100 Å². The molecule has 4 heteroatoms. The minimum atomic E-state index is -0.834. The average Bonchev–Trinajstić information content (AvgIpc) is 2.30. The average molecular weight is 240 g/mol. The summed E-state index contributed by atoms with van der Waals surface area (Å²) in [6.07, 6.45) is 1.33. The number of halogens is 1. The fraction of sp³-hybridized carbons (Fsp3) is 0.462. The molecule has 0 saturated heterocycles. The first-order valence-corrected chi connectivity index (χ1v) is 5.63. The highest BCUT2D eigenvalue weighted by Crippen LogP contribution is 2.32. The second-order valence-corrected chi connectivity index (χ2v) is 3.92. The van der Waals surface area contributed by atoms with Gasteiger partial charge in [0.25, 0.3) is 0 Å². The Kier molecular flexibility index (Phi) is 4.94. The van der Waals surface area contributed by atoms with Crippen LogP contribution in [0.2, 0.25) is 0 Å². The van der Waals surface area contributed by atoms with Crippen LogP contribution in [0.4, 0.5) is 4.39 Å². The van der Waals surface area contributed by atoms with Crippen molar-refractivity contribution in [3.05, 3.63) is 29.6 Å². The molecule has 3 nitrogen and oxygen atoms in total. The second-order valence-electron chi connectivity index (χ2n) is 3.92. The van der Waals surface area contributed by atoms with Crippen LogP contribution >= 0.6 is 0 Å². The van der Waals surface area contributed by atoms with E-state index < -0.39 is 5.97 Å². The summed E-state index contributed by atoms with van der Waals surface area (Å²) in [5.41, 5.74) is 0.747. The Balaban J connectivity index is 2.93. The van der Waals surface area contributed by atoms with Gasteiger partial charge in [0.2, 0.25) is 0 Å². The molecular formula is C13H17FO3. The van der Waals surface area contributed by atoms with Gasteiger partial charge in [0.1, 0.15) is 11.6 Å². The third kappa shape index (κ3) is 3.73. The summed E-state index contributed by atoms with van der Waals surface area (Å²) in [7, 11) is 1.53. The van der Waals surface area contributed by atoms with E-state index in [2.05, 4.69) is 0 Å². The smallest absolute Gasteiger partial charge is 0.303 e. The summed E-state index contributed by atoms with van der Waals surface area (Å²) in [4.78, 5) is 10.6. The molecule has 0 aromatic heterocycles. The quantitative estimate of drug-likeness (QED) is 0.830. The Morgan fingerprint density at radius 3 is 2.76 bits per heavy atom. The normalized spacial score (nSPS) is 12.2. The Bertz CT molecular complexity index is 390. The summed E-state index contributed by atoms with van der Waals surface area (Å²) in [5.74, 6) is -0.534. The van der Waals surface area contributed by atoms with E-state index in [-0.39, 0.29) is 18.2 Å². The number of carbonyl (C=O) groups is 1. The molecule has 0 amide bonds. The van der Waals surface area contributed by atoms with Crippen molar-refractivity contribution in [3.8, 4) is 5.75 Å². The van der Waals surface area contributed by atoms with Gasteiger partial charge in [0, 0.05) is 12.0 Å². The van der Waals surface area contributed by atoms with E-state index in [0.717, 1.165) is 12.0 Å². The summed E-state index contributed by atoms with van der Waals surface area (Å²) < 4.78 is 18.4. The van der Waals surface area contributed by atoms with Gasteiger partial charge >= 0.3 is 5.97 Å². The van der Waals surface area contributed by atoms with Crippen molar-refractivity contribution in [2.75, 3.05) is 7.11 Å². The third-order valence-corrected chi connectivity index (χ3v) is 2.83. The zero-order valence-electron chi connectivity index (χ0n) is 10.1. The molecular weight excluding hydrogens is 223 g/mol. The van der Waals surface area contributed by atoms with Crippen LogP contribution in [0.15, 0.2) is 18.2 Å². The molecule has 0 heterocycles. The summed E-state index contributed by atoms with van der Waals surface area (Å²) in [6.45, 7) is 1.96. The van der Waals surface area contributed by atoms with Crippen LogP contribution in [-0.2, 0) is 4.79 Å². The van der Waals surface area contributed by atoms with Crippen molar-refractivity contribution in [1.29, 1.82) is 0 Å². The molecule has 0 saturated carbocycles. The fourth-order valence-electron chi connectivity index (χ4n) is 1.90. The van der Waals surface area contributed by atoms with Gasteiger partial charge in [-0.1, -0.05) is 6.92 Å². The largest absolute Gasteiger partial charge is 0.496 e. The Hall–Kier alpha value is -1.58. The molecule has 1 aromatic carbocycles. The number of hydrogen-bond acceptors (Lipinski definition) is 2. The zero-order valence-corrected chi connectivity index (χ0v) is 10.1. The van der Waals surface area contributed by atoms with E-state index in [0.29, 0.717) is 12.2 Å². The monoisotopic (exact) mass is 240 g/mol. The van der Waals surface area contributed by atoms with Crippen molar-refractivity contribution >= 4 is 5.97 Å². The first-order valence-electron chi connectivity index (χ1n) is 5.63. The lowest BCUT2D eigenvalue weighted by molar-refractivity contribution is -0.137. The summed E-state index contributed by atoms with van der Waals surface area (Å²) >= 11 is 0. The maximum atomic E-state index is 13.2. The van der Waals surface area contributed by atoms with Crippen LogP contribution in [0.1, 0.15) is 37.7 Å². The highest BCUT2D eigenvalue weighted by Gasteiger charge is 2.16. The summed E-state index contributed by atoms with van der Waals surface area (Å²) in [5, 5.41) is 8.68. The van der Waals surface area contributed by atoms with Crippen molar-refractivity contribution in [2.24, 2.45) is 0 Å². The van der Waals surface area contributed by atoms with Crippen molar-refractivity contribution < 1.29 is 19.0 Å². The van der Waals surface area contributed by atoms with Crippen LogP contribution in [0.5, 0.6) is 5.75 Å². The molecule has 17 heavy (non-hydrogen) atoms. The SMILES string of the molecule is CCC(CCC(=O)O)c1cc(F)ccc1OC. The van der Waals surface area contributed by atoms with Gasteiger partial charge in [0.15, 0.2) is 0 Å². The number of hydrogen-bond donors (Lipinski definition) is 1. The maximum Gasteiger partial charge on any atom is 0.303 e. The number of carboxylic acids is 1. The summed E-state index contributed by atoms with van der Waals surface area (Å²) in [6, 6.07) is 4.34. The number of ether oxygens (including phenoxy) is 1. The number of aliphatic carboxylic acids is 1. The van der Waals surface area contributed by atoms with Crippen molar-refractivity contribution in [3.63, 3.8) is 0 Å². The number of methoxy groups -OCH3 is 1. The van der Waals surface area contributed by atoms with E-state index in [1.807, 2.05) is 6.92 Å². The third-order valence-electron chi connectivity index (χ3n) is 2.83. The Morgan fingerprint density at radius 1 is 1.53 bits per heavy atom. The first-order chi connectivity index (χ1) is 8.08. The van der Waals surface area contributed by atoms with Gasteiger partial charge in [-0.3, -0.25) is 4.79 Å². The molecule has 1 rings (SSSR count). The maximum absolute atomic E-state index is 13.2. The van der Waals surface area contributed by atoms with Crippen molar-refractivity contribution in [2.45, 2.75) is 32.1 Å². The molecule has 1 atom stereocenters. The van der Waals surface area contributed by atoms with Gasteiger partial charge in [-0.25, -0.2) is 4.39 Å². The lowest BCUT2D eigenvalue weighted by Gasteiger charge is -2.17. The lowest BCUT2D eigenvalue weighted by Crippen LogP contribution is -2.04. The highest BCUT2D eigenvalue weighted by molar-refractivity contribution is 5.66. The van der Waals surface area contributed by atoms with Crippen LogP contribution in [0.3, 0.4) is 0 Å². The van der Waals surface area contributed by atoms with E-state index in [4.69, 9.17) is 9.84 Å². The number of rotatable bonds is 6. The van der Waals surface area contributed by atoms with Crippen LogP contribution < -0.4 is 4.74 Å². The predicted octanol–water partition coefficient (Wildman–Crippen LogP) is 3.19. The number of carboxylic acid groups (broad SMARTS) is 1. The lowest BCUT2D eigenvalue weighted by atomic mass is 9.91. The fourth-order valence-corrected chi connectivity index (χ4v) is 1.90. The van der Waals surface area contributed by atoms with Gasteiger partial charge < -0.3 is 9.84 Å². The highest BCUT2D eigenvalue weighted by atomic mass is 19.1. The van der Waals surface area contributed by atoms with E-state index in [1.54, 1.807) is 6.07 Å². The molecule has 1 N–H and O–H groups in total. The molecule has 0 aliphatic carbocycles. The standard InChI is InChI=1S/C13H17FO3/c1-3-9(4-7-13(15)16)11-8-10(14)5-6-12(11)17-2/h5-6,8-9H,3-4,7H2,1-2H3,(H,15,16). The van der Waals surface area contributed by atoms with E-state index in [1.165, 1.54) is 19.2 Å². The van der Waals surface area contributed by atoms with Gasteiger partial charge in [-0.15, -0.1) is 0 Å². The number of benzene rings is 1. The molecule has 0 spiro atoms. The molecule has 1 unspecified atom stereocenters. The molecule has 0 aliphatic heterocycles. The van der Waals surface area contributed by atoms with Crippen LogP contribution in [-0.4, -0.2) is 18.2 Å². The van der Waals surface area contributed by atoms with Crippen LogP contribution in [0.25, 0.3) is 0 Å². The Morgan fingerprint density at radius 2 is 2.24 bits per heavy atom. The minimum Gasteiger partial charge on any atom is -0.496 e. The van der Waals surface area contributed by atoms with E-state index in [9.17, 15) is 9.18 Å². The first kappa shape index (κ1) is 13.5. The molecule has 0 aliphatic rings. The van der Waals surface area contributed by atoms with E-state index >= 15 is 0 Å². The molecule has 0 radical (unpaired) electrons. The minimum absolute atomic E-state index is 0.0109. The van der Waals surface area contributed by atoms with Gasteiger partial charge in [-0.2, -0.15) is 0 Å². The molecule has 1 aromatic rings. The van der Waals surface area contributed by atoms with Crippen LogP contribution in [0, 0.1) is 5.82 Å². The second kappa shape index (κ2) is 6.23. The molecule has 0 fully saturated rings. The van der Waals surface area contributed by atoms with Crippen molar-refractivity contribution in [1.82, 2.24) is 0 Å². The molecule has 0 bridgehead atoms. The zero-order chi connectivity index (χ0) is 12.8. The van der Waals surface area contributed by atoms with Gasteiger partial charge in [0.05, 0.1) is 7.11 Å². The molecule has 94 valence electrons. The van der Waals surface area contributed by atoms with Gasteiger partial charge in [-0.05, 0) is 37.0 Å². The predicted molar refractivity (Wildman–Crippen MR) is 62.9 cm³/mol.